The van der Waals surface area contributed by atoms with Gasteiger partial charge in [-0.15, -0.1) is 0 Å². The van der Waals surface area contributed by atoms with E-state index >= 15 is 0 Å². The molecule has 0 fully saturated rings. The van der Waals surface area contributed by atoms with Crippen molar-refractivity contribution < 1.29 is 4.39 Å². The minimum Gasteiger partial charge on any atom is -0.384 e. The van der Waals surface area contributed by atoms with Gasteiger partial charge in [-0.25, -0.2) is 19.3 Å². The zero-order valence-electron chi connectivity index (χ0n) is 12.4. The second-order valence-corrected chi connectivity index (χ2v) is 5.24. The number of nitrogens with zero attached hydrogens (tertiary/aromatic N) is 4. The third-order valence-electron chi connectivity index (χ3n) is 3.52. The molecule has 22 heavy (non-hydrogen) atoms. The van der Waals surface area contributed by atoms with E-state index in [-0.39, 0.29) is 5.82 Å². The maximum absolute atomic E-state index is 13.7. The van der Waals surface area contributed by atoms with Crippen molar-refractivity contribution in [3.63, 3.8) is 0 Å². The number of aromatic nitrogens is 3. The van der Waals surface area contributed by atoms with Gasteiger partial charge in [0.05, 0.1) is 5.39 Å². The lowest BCUT2D eigenvalue weighted by Gasteiger charge is -2.19. The molecule has 2 aromatic heterocycles. The standard InChI is InChI=1S/C16H16FN5/c1-10-3-4-11(7-13(10)17)8-22(2)16-12-5-6-14(18)21-15(12)19-9-20-16/h3-7,9H,8H2,1-2H3,(H2,18,19,20,21). The summed E-state index contributed by atoms with van der Waals surface area (Å²) in [5, 5.41) is 0.812. The Hall–Kier alpha value is -2.76. The van der Waals surface area contributed by atoms with Crippen LogP contribution in [0.5, 0.6) is 0 Å². The quantitative estimate of drug-likeness (QED) is 0.805. The van der Waals surface area contributed by atoms with Crippen molar-refractivity contribution in [1.29, 1.82) is 0 Å². The molecule has 0 aliphatic rings. The molecule has 0 radical (unpaired) electrons. The monoisotopic (exact) mass is 297 g/mol. The van der Waals surface area contributed by atoms with E-state index in [1.165, 1.54) is 6.33 Å². The Labute approximate surface area is 127 Å². The highest BCUT2D eigenvalue weighted by Gasteiger charge is 2.11. The Balaban J connectivity index is 1.94. The lowest BCUT2D eigenvalue weighted by molar-refractivity contribution is 0.615. The minimum absolute atomic E-state index is 0.201. The van der Waals surface area contributed by atoms with E-state index < -0.39 is 0 Å². The van der Waals surface area contributed by atoms with E-state index in [0.717, 1.165) is 16.8 Å². The van der Waals surface area contributed by atoms with Gasteiger partial charge in [-0.1, -0.05) is 12.1 Å². The van der Waals surface area contributed by atoms with Gasteiger partial charge in [0.1, 0.15) is 23.8 Å². The van der Waals surface area contributed by atoms with E-state index in [4.69, 9.17) is 5.73 Å². The molecular weight excluding hydrogens is 281 g/mol. The van der Waals surface area contributed by atoms with Crippen molar-refractivity contribution in [1.82, 2.24) is 15.0 Å². The maximum Gasteiger partial charge on any atom is 0.166 e. The molecule has 112 valence electrons. The zero-order valence-corrected chi connectivity index (χ0v) is 12.4. The molecule has 2 heterocycles. The molecule has 0 aliphatic heterocycles. The van der Waals surface area contributed by atoms with Crippen LogP contribution in [0.25, 0.3) is 11.0 Å². The number of anilines is 2. The van der Waals surface area contributed by atoms with Crippen LogP contribution in [0.2, 0.25) is 0 Å². The summed E-state index contributed by atoms with van der Waals surface area (Å²) in [5.74, 6) is 0.951. The van der Waals surface area contributed by atoms with Crippen molar-refractivity contribution in [2.24, 2.45) is 0 Å². The van der Waals surface area contributed by atoms with Crippen molar-refractivity contribution in [2.45, 2.75) is 13.5 Å². The second-order valence-electron chi connectivity index (χ2n) is 5.24. The Kier molecular flexibility index (Phi) is 3.58. The van der Waals surface area contributed by atoms with E-state index in [0.29, 0.717) is 23.6 Å². The molecule has 6 heteroatoms. The van der Waals surface area contributed by atoms with Crippen molar-refractivity contribution in [3.8, 4) is 0 Å². The van der Waals surface area contributed by atoms with Crippen LogP contribution in [-0.2, 0) is 6.54 Å². The summed E-state index contributed by atoms with van der Waals surface area (Å²) >= 11 is 0. The first-order valence-corrected chi connectivity index (χ1v) is 6.88. The van der Waals surface area contributed by atoms with Gasteiger partial charge in [0.2, 0.25) is 0 Å². The lowest BCUT2D eigenvalue weighted by Crippen LogP contribution is -2.18. The highest BCUT2D eigenvalue weighted by molar-refractivity contribution is 5.87. The van der Waals surface area contributed by atoms with Crippen LogP contribution in [0, 0.1) is 12.7 Å². The molecule has 0 saturated heterocycles. The Morgan fingerprint density at radius 2 is 2.00 bits per heavy atom. The summed E-state index contributed by atoms with van der Waals surface area (Å²) in [4.78, 5) is 14.6. The molecule has 2 N–H and O–H groups in total. The molecule has 3 rings (SSSR count). The number of rotatable bonds is 3. The van der Waals surface area contributed by atoms with Gasteiger partial charge in [0.25, 0.3) is 0 Å². The summed E-state index contributed by atoms with van der Waals surface area (Å²) in [6.07, 6.45) is 1.45. The number of pyridine rings is 1. The van der Waals surface area contributed by atoms with Gasteiger partial charge >= 0.3 is 0 Å². The molecular formula is C16H16FN5. The largest absolute Gasteiger partial charge is 0.384 e. The van der Waals surface area contributed by atoms with Gasteiger partial charge in [-0.2, -0.15) is 0 Å². The van der Waals surface area contributed by atoms with Crippen LogP contribution in [0.15, 0.2) is 36.7 Å². The molecule has 0 spiro atoms. The SMILES string of the molecule is Cc1ccc(CN(C)c2ncnc3nc(N)ccc23)cc1F. The Bertz CT molecular complexity index is 834. The fourth-order valence-electron chi connectivity index (χ4n) is 2.33. The summed E-state index contributed by atoms with van der Waals surface area (Å²) in [5.41, 5.74) is 7.74. The summed E-state index contributed by atoms with van der Waals surface area (Å²) in [6.45, 7) is 2.28. The van der Waals surface area contributed by atoms with Crippen LogP contribution in [-0.4, -0.2) is 22.0 Å². The highest BCUT2D eigenvalue weighted by Crippen LogP contribution is 2.23. The van der Waals surface area contributed by atoms with Gasteiger partial charge in [0.15, 0.2) is 5.65 Å². The van der Waals surface area contributed by atoms with Crippen LogP contribution >= 0.6 is 0 Å². The Morgan fingerprint density at radius 3 is 2.77 bits per heavy atom. The maximum atomic E-state index is 13.7. The van der Waals surface area contributed by atoms with Crippen molar-refractivity contribution >= 4 is 22.7 Å². The van der Waals surface area contributed by atoms with Crippen LogP contribution in [0.3, 0.4) is 0 Å². The fourth-order valence-corrected chi connectivity index (χ4v) is 2.33. The molecule has 0 amide bonds. The lowest BCUT2D eigenvalue weighted by atomic mass is 10.1. The summed E-state index contributed by atoms with van der Waals surface area (Å²) in [7, 11) is 1.90. The predicted octanol–water partition coefficient (Wildman–Crippen LogP) is 2.69. The van der Waals surface area contributed by atoms with Crippen molar-refractivity contribution in [3.05, 3.63) is 53.6 Å². The van der Waals surface area contributed by atoms with Gasteiger partial charge < -0.3 is 10.6 Å². The second kappa shape index (κ2) is 5.55. The number of benzene rings is 1. The highest BCUT2D eigenvalue weighted by atomic mass is 19.1. The van der Waals surface area contributed by atoms with Crippen LogP contribution < -0.4 is 10.6 Å². The first kappa shape index (κ1) is 14.2. The molecule has 3 aromatic rings. The topological polar surface area (TPSA) is 67.9 Å². The van der Waals surface area contributed by atoms with E-state index in [2.05, 4.69) is 15.0 Å². The molecule has 1 aromatic carbocycles. The third kappa shape index (κ3) is 2.67. The van der Waals surface area contributed by atoms with E-state index in [9.17, 15) is 4.39 Å². The molecule has 0 aliphatic carbocycles. The number of nitrogens with two attached hydrogens (primary N) is 1. The Morgan fingerprint density at radius 1 is 1.18 bits per heavy atom. The van der Waals surface area contributed by atoms with Gasteiger partial charge in [-0.3, -0.25) is 0 Å². The summed E-state index contributed by atoms with van der Waals surface area (Å²) in [6, 6.07) is 8.80. The number of nitrogen functional groups attached to an aromatic ring is 1. The molecule has 0 atom stereocenters. The average molecular weight is 297 g/mol. The number of fused-ring (bicyclic) bond motifs is 1. The number of hydrogen-bond acceptors (Lipinski definition) is 5. The molecule has 0 saturated carbocycles. The number of aryl methyl sites for hydroxylation is 1. The first-order valence-electron chi connectivity index (χ1n) is 6.88. The molecule has 5 nitrogen and oxygen atoms in total. The van der Waals surface area contributed by atoms with Gasteiger partial charge in [-0.05, 0) is 36.2 Å². The number of hydrogen-bond donors (Lipinski definition) is 1. The van der Waals surface area contributed by atoms with Gasteiger partial charge in [0, 0.05) is 13.6 Å². The zero-order chi connectivity index (χ0) is 15.7. The normalized spacial score (nSPS) is 10.9. The van der Waals surface area contributed by atoms with E-state index in [1.54, 1.807) is 25.1 Å². The number of halogens is 1. The minimum atomic E-state index is -0.201. The third-order valence-corrected chi connectivity index (χ3v) is 3.52. The smallest absolute Gasteiger partial charge is 0.166 e. The van der Waals surface area contributed by atoms with E-state index in [1.807, 2.05) is 24.1 Å². The van der Waals surface area contributed by atoms with Crippen LogP contribution in [0.1, 0.15) is 11.1 Å². The van der Waals surface area contributed by atoms with Crippen LogP contribution in [0.4, 0.5) is 16.0 Å². The first-order chi connectivity index (χ1) is 10.5. The molecule has 0 bridgehead atoms. The predicted molar refractivity (Wildman–Crippen MR) is 85.0 cm³/mol. The molecule has 0 unspecified atom stereocenters. The van der Waals surface area contributed by atoms with Crippen molar-refractivity contribution in [2.75, 3.05) is 17.7 Å². The summed E-state index contributed by atoms with van der Waals surface area (Å²) < 4.78 is 13.7. The average Bonchev–Trinajstić information content (AvgIpc) is 2.50. The fraction of sp³-hybridized carbons (Fsp3) is 0.188.